The molecule has 0 amide bonds. The van der Waals surface area contributed by atoms with Gasteiger partial charge in [-0.15, -0.1) is 0 Å². The summed E-state index contributed by atoms with van der Waals surface area (Å²) in [7, 11) is -0.193. The number of benzene rings is 1. The molecule has 0 aliphatic carbocycles. The van der Waals surface area contributed by atoms with Crippen molar-refractivity contribution in [2.24, 2.45) is 0 Å². The largest absolute Gasteiger partial charge is 0.318 e. The summed E-state index contributed by atoms with van der Waals surface area (Å²) >= 11 is 0. The van der Waals surface area contributed by atoms with Gasteiger partial charge in [-0.2, -0.15) is 5.10 Å². The van der Waals surface area contributed by atoms with Gasteiger partial charge in [-0.25, -0.2) is 8.42 Å². The molecule has 0 fully saturated rings. The summed E-state index contributed by atoms with van der Waals surface area (Å²) in [5, 5.41) is 7.08. The highest BCUT2D eigenvalue weighted by atomic mass is 32.2. The Hall–Kier alpha value is -1.86. The average molecular weight is 308 g/mol. The second-order valence-electron chi connectivity index (χ2n) is 4.85. The molecule has 0 saturated heterocycles. The lowest BCUT2D eigenvalue weighted by Gasteiger charge is -2.18. The van der Waals surface area contributed by atoms with Crippen LogP contribution in [0, 0.1) is 6.92 Å². The van der Waals surface area contributed by atoms with Crippen molar-refractivity contribution in [2.45, 2.75) is 18.4 Å². The van der Waals surface area contributed by atoms with Gasteiger partial charge in [0.15, 0.2) is 0 Å². The number of sulfonamides is 1. The normalized spacial score (nSPS) is 11.6. The number of hydrogen-bond acceptors (Lipinski definition) is 4. The summed E-state index contributed by atoms with van der Waals surface area (Å²) in [6.07, 6.45) is 2.94. The van der Waals surface area contributed by atoms with Crippen molar-refractivity contribution >= 4 is 15.7 Å². The minimum absolute atomic E-state index is 0.197. The maximum absolute atomic E-state index is 12.6. The van der Waals surface area contributed by atoms with Crippen LogP contribution >= 0.6 is 0 Å². The Bertz CT molecular complexity index is 709. The van der Waals surface area contributed by atoms with E-state index in [4.69, 9.17) is 0 Å². The second kappa shape index (κ2) is 6.28. The molecule has 0 unspecified atom stereocenters. The summed E-state index contributed by atoms with van der Waals surface area (Å²) in [5.41, 5.74) is 1.65. The lowest BCUT2D eigenvalue weighted by Crippen LogP contribution is -2.26. The van der Waals surface area contributed by atoms with Gasteiger partial charge < -0.3 is 5.32 Å². The van der Waals surface area contributed by atoms with E-state index in [1.807, 2.05) is 32.2 Å². The molecule has 0 aliphatic rings. The number of aromatic nitrogens is 2. The van der Waals surface area contributed by atoms with Gasteiger partial charge in [-0.3, -0.25) is 8.99 Å². The van der Waals surface area contributed by atoms with Crippen molar-refractivity contribution in [1.29, 1.82) is 0 Å². The van der Waals surface area contributed by atoms with E-state index in [0.717, 1.165) is 12.1 Å². The number of rotatable bonds is 6. The molecular weight excluding hydrogens is 288 g/mol. The average Bonchev–Trinajstić information content (AvgIpc) is 2.93. The van der Waals surface area contributed by atoms with Gasteiger partial charge in [-0.05, 0) is 31.7 Å². The summed E-state index contributed by atoms with van der Waals surface area (Å²) in [6, 6.07) is 7.38. The minimum Gasteiger partial charge on any atom is -0.318 e. The molecule has 0 atom stereocenters. The fraction of sp³-hybridized carbons (Fsp3) is 0.357. The van der Waals surface area contributed by atoms with Gasteiger partial charge in [0.05, 0.1) is 18.4 Å². The summed E-state index contributed by atoms with van der Waals surface area (Å²) in [4.78, 5) is 0.197. The molecule has 2 aromatic rings. The van der Waals surface area contributed by atoms with Crippen molar-refractivity contribution < 1.29 is 8.42 Å². The molecule has 7 heteroatoms. The van der Waals surface area contributed by atoms with E-state index in [1.165, 1.54) is 10.5 Å². The zero-order valence-electron chi connectivity index (χ0n) is 12.4. The SMILES string of the molecule is CNCCn1cc(S(=O)(=O)N(C)c2cccc(C)c2)cn1. The Morgan fingerprint density at radius 2 is 2.14 bits per heavy atom. The van der Waals surface area contributed by atoms with Gasteiger partial charge in [0.2, 0.25) is 0 Å². The lowest BCUT2D eigenvalue weighted by molar-refractivity contribution is 0.581. The highest BCUT2D eigenvalue weighted by molar-refractivity contribution is 7.92. The molecule has 2 rings (SSSR count). The Kier molecular flexibility index (Phi) is 4.64. The van der Waals surface area contributed by atoms with Crippen molar-refractivity contribution in [3.8, 4) is 0 Å². The van der Waals surface area contributed by atoms with E-state index in [0.29, 0.717) is 12.2 Å². The van der Waals surface area contributed by atoms with Crippen LogP contribution in [0.4, 0.5) is 5.69 Å². The maximum atomic E-state index is 12.6. The van der Waals surface area contributed by atoms with E-state index < -0.39 is 10.0 Å². The van der Waals surface area contributed by atoms with Gasteiger partial charge in [0.25, 0.3) is 10.0 Å². The molecule has 0 saturated carbocycles. The molecule has 0 aliphatic heterocycles. The van der Waals surface area contributed by atoms with Crippen molar-refractivity contribution in [1.82, 2.24) is 15.1 Å². The minimum atomic E-state index is -3.58. The topological polar surface area (TPSA) is 67.2 Å². The summed E-state index contributed by atoms with van der Waals surface area (Å²) in [6.45, 7) is 3.29. The van der Waals surface area contributed by atoms with Crippen LogP contribution in [0.2, 0.25) is 0 Å². The Morgan fingerprint density at radius 1 is 1.38 bits per heavy atom. The van der Waals surface area contributed by atoms with Gasteiger partial charge in [0.1, 0.15) is 4.90 Å². The number of anilines is 1. The molecule has 1 aromatic heterocycles. The Balaban J connectivity index is 2.26. The molecular formula is C14H20N4O2S. The monoisotopic (exact) mass is 308 g/mol. The van der Waals surface area contributed by atoms with Crippen LogP contribution in [0.15, 0.2) is 41.6 Å². The highest BCUT2D eigenvalue weighted by Crippen LogP contribution is 2.22. The van der Waals surface area contributed by atoms with Gasteiger partial charge >= 0.3 is 0 Å². The molecule has 1 aromatic carbocycles. The first-order chi connectivity index (χ1) is 9.95. The van der Waals surface area contributed by atoms with Gasteiger partial charge in [-0.1, -0.05) is 12.1 Å². The first-order valence-electron chi connectivity index (χ1n) is 6.68. The molecule has 1 heterocycles. The van der Waals surface area contributed by atoms with E-state index in [-0.39, 0.29) is 4.90 Å². The molecule has 0 radical (unpaired) electrons. The summed E-state index contributed by atoms with van der Waals surface area (Å²) < 4.78 is 28.1. The number of aryl methyl sites for hydroxylation is 1. The number of nitrogens with zero attached hydrogens (tertiary/aromatic N) is 3. The fourth-order valence-electron chi connectivity index (χ4n) is 1.95. The van der Waals surface area contributed by atoms with E-state index in [1.54, 1.807) is 24.0 Å². The standard InChI is InChI=1S/C14H20N4O2S/c1-12-5-4-6-13(9-12)17(3)21(19,20)14-10-16-18(11-14)8-7-15-2/h4-6,9-11,15H,7-8H2,1-3H3. The van der Waals surface area contributed by atoms with Crippen LogP contribution in [0.5, 0.6) is 0 Å². The number of nitrogens with one attached hydrogen (secondary N) is 1. The zero-order chi connectivity index (χ0) is 15.5. The van der Waals surface area contributed by atoms with Crippen molar-refractivity contribution in [3.63, 3.8) is 0 Å². The molecule has 114 valence electrons. The highest BCUT2D eigenvalue weighted by Gasteiger charge is 2.23. The van der Waals surface area contributed by atoms with Crippen LogP contribution in [-0.2, 0) is 16.6 Å². The van der Waals surface area contributed by atoms with Crippen LogP contribution < -0.4 is 9.62 Å². The van der Waals surface area contributed by atoms with Crippen LogP contribution in [0.1, 0.15) is 5.56 Å². The smallest absolute Gasteiger partial charge is 0.267 e. The predicted molar refractivity (Wildman–Crippen MR) is 82.9 cm³/mol. The fourth-order valence-corrected chi connectivity index (χ4v) is 3.09. The van der Waals surface area contributed by atoms with Crippen LogP contribution in [0.25, 0.3) is 0 Å². The molecule has 6 nitrogen and oxygen atoms in total. The molecule has 0 spiro atoms. The quantitative estimate of drug-likeness (QED) is 0.872. The maximum Gasteiger partial charge on any atom is 0.267 e. The lowest BCUT2D eigenvalue weighted by atomic mass is 10.2. The van der Waals surface area contributed by atoms with E-state index >= 15 is 0 Å². The van der Waals surface area contributed by atoms with Crippen molar-refractivity contribution in [3.05, 3.63) is 42.2 Å². The molecule has 1 N–H and O–H groups in total. The molecule has 0 bridgehead atoms. The van der Waals surface area contributed by atoms with Crippen LogP contribution in [-0.4, -0.2) is 38.8 Å². The second-order valence-corrected chi connectivity index (χ2v) is 6.82. The number of likely N-dealkylation sites (N-methyl/N-ethyl adjacent to an activating group) is 1. The zero-order valence-corrected chi connectivity index (χ0v) is 13.3. The van der Waals surface area contributed by atoms with Crippen LogP contribution in [0.3, 0.4) is 0 Å². The molecule has 21 heavy (non-hydrogen) atoms. The van der Waals surface area contributed by atoms with Crippen molar-refractivity contribution in [2.75, 3.05) is 24.9 Å². The van der Waals surface area contributed by atoms with E-state index in [9.17, 15) is 8.42 Å². The third-order valence-corrected chi connectivity index (χ3v) is 4.96. The first kappa shape index (κ1) is 15.5. The predicted octanol–water partition coefficient (Wildman–Crippen LogP) is 1.24. The Labute approximate surface area is 125 Å². The van der Waals surface area contributed by atoms with E-state index in [2.05, 4.69) is 10.4 Å². The number of hydrogen-bond donors (Lipinski definition) is 1. The third kappa shape index (κ3) is 3.43. The summed E-state index contributed by atoms with van der Waals surface area (Å²) in [5.74, 6) is 0. The van der Waals surface area contributed by atoms with Gasteiger partial charge in [0, 0.05) is 19.8 Å². The Morgan fingerprint density at radius 3 is 2.81 bits per heavy atom. The first-order valence-corrected chi connectivity index (χ1v) is 8.12. The third-order valence-electron chi connectivity index (χ3n) is 3.22.